The molecule has 0 spiro atoms. The summed E-state index contributed by atoms with van der Waals surface area (Å²) in [5.41, 5.74) is 2.27. The summed E-state index contributed by atoms with van der Waals surface area (Å²) in [5.74, 6) is 0.760. The number of azo groups is 1. The highest BCUT2D eigenvalue weighted by Crippen LogP contribution is 2.76. The lowest BCUT2D eigenvalue weighted by Crippen LogP contribution is -2.44. The van der Waals surface area contributed by atoms with Crippen LogP contribution in [0, 0.1) is 28.6 Å². The third-order valence-electron chi connectivity index (χ3n) is 7.13. The molecule has 5 rings (SSSR count). The van der Waals surface area contributed by atoms with E-state index in [0.717, 1.165) is 6.42 Å². The van der Waals surface area contributed by atoms with Crippen LogP contribution in [0.1, 0.15) is 37.0 Å². The van der Waals surface area contributed by atoms with Gasteiger partial charge in [-0.2, -0.15) is 15.5 Å². The fraction of sp³-hybridized carbons (Fsp3) is 0.348. The van der Waals surface area contributed by atoms with Gasteiger partial charge >= 0.3 is 0 Å². The van der Waals surface area contributed by atoms with Gasteiger partial charge in [0.15, 0.2) is 0 Å². The van der Waals surface area contributed by atoms with Crippen molar-refractivity contribution in [3.05, 3.63) is 83.4 Å². The molecular formula is C23H21N3. The Hall–Kier alpha value is -2.73. The van der Waals surface area contributed by atoms with E-state index in [4.69, 9.17) is 15.5 Å². The van der Waals surface area contributed by atoms with E-state index in [2.05, 4.69) is 74.5 Å². The maximum atomic E-state index is 9.16. The predicted octanol–water partition coefficient (Wildman–Crippen LogP) is 5.35. The van der Waals surface area contributed by atoms with Crippen molar-refractivity contribution in [2.75, 3.05) is 0 Å². The molecule has 1 fully saturated rings. The van der Waals surface area contributed by atoms with Crippen LogP contribution in [0.2, 0.25) is 0 Å². The third kappa shape index (κ3) is 1.50. The summed E-state index contributed by atoms with van der Waals surface area (Å²) in [7, 11) is 0. The second-order valence-corrected chi connectivity index (χ2v) is 8.21. The maximum Gasteiger partial charge on any atom is 0.121 e. The van der Waals surface area contributed by atoms with Gasteiger partial charge in [-0.3, -0.25) is 0 Å². The number of nitriles is 1. The van der Waals surface area contributed by atoms with Crippen molar-refractivity contribution in [2.45, 2.75) is 31.3 Å². The Balaban J connectivity index is 1.76. The lowest BCUT2D eigenvalue weighted by atomic mass is 9.61. The molecule has 4 atom stereocenters. The van der Waals surface area contributed by atoms with Gasteiger partial charge in [0.05, 0.1) is 11.6 Å². The topological polar surface area (TPSA) is 48.5 Å². The van der Waals surface area contributed by atoms with Crippen LogP contribution in [-0.2, 0) is 11.1 Å². The number of allylic oxidation sites excluding steroid dienone is 1. The highest BCUT2D eigenvalue weighted by Gasteiger charge is 2.77. The minimum Gasteiger partial charge on any atom is -0.192 e. The first kappa shape index (κ1) is 15.5. The Morgan fingerprint density at radius 2 is 1.58 bits per heavy atom. The van der Waals surface area contributed by atoms with E-state index in [0.29, 0.717) is 17.4 Å². The quantitative estimate of drug-likeness (QED) is 0.681. The maximum absolute atomic E-state index is 9.16. The van der Waals surface area contributed by atoms with Gasteiger partial charge < -0.3 is 0 Å². The van der Waals surface area contributed by atoms with Crippen molar-refractivity contribution in [1.29, 1.82) is 5.26 Å². The van der Waals surface area contributed by atoms with Crippen LogP contribution in [0.15, 0.2) is 77.0 Å². The summed E-state index contributed by atoms with van der Waals surface area (Å²) in [4.78, 5) is 0. The van der Waals surface area contributed by atoms with Gasteiger partial charge in [0.2, 0.25) is 0 Å². The first-order valence-corrected chi connectivity index (χ1v) is 9.25. The number of rotatable bonds is 2. The van der Waals surface area contributed by atoms with E-state index in [-0.39, 0.29) is 16.5 Å². The molecule has 1 heterocycles. The van der Waals surface area contributed by atoms with E-state index in [1.807, 2.05) is 12.1 Å². The molecule has 2 aromatic carbocycles. The summed E-state index contributed by atoms with van der Waals surface area (Å²) in [6.45, 7) is 4.65. The molecule has 0 radical (unpaired) electrons. The van der Waals surface area contributed by atoms with Gasteiger partial charge in [0, 0.05) is 17.3 Å². The van der Waals surface area contributed by atoms with Crippen LogP contribution in [0.5, 0.6) is 0 Å². The fourth-order valence-electron chi connectivity index (χ4n) is 5.97. The van der Waals surface area contributed by atoms with Gasteiger partial charge in [-0.15, -0.1) is 0 Å². The summed E-state index contributed by atoms with van der Waals surface area (Å²) in [5, 5.41) is 19.2. The molecule has 0 unspecified atom stereocenters. The summed E-state index contributed by atoms with van der Waals surface area (Å²) in [6, 6.07) is 20.9. The van der Waals surface area contributed by atoms with Crippen molar-refractivity contribution in [3.8, 4) is 6.07 Å². The Morgan fingerprint density at radius 3 is 2.27 bits per heavy atom. The van der Waals surface area contributed by atoms with E-state index in [1.54, 1.807) is 0 Å². The van der Waals surface area contributed by atoms with Gasteiger partial charge in [0.1, 0.15) is 11.1 Å². The molecule has 3 heteroatoms. The zero-order chi connectivity index (χ0) is 18.0. The van der Waals surface area contributed by atoms with Gasteiger partial charge in [-0.1, -0.05) is 68.5 Å². The normalized spacial score (nSPS) is 35.4. The molecule has 2 aliphatic carbocycles. The Bertz CT molecular complexity index is 965. The molecule has 1 aliphatic heterocycles. The fourth-order valence-corrected chi connectivity index (χ4v) is 5.97. The molecular weight excluding hydrogens is 318 g/mol. The zero-order valence-electron chi connectivity index (χ0n) is 15.1. The largest absolute Gasteiger partial charge is 0.192 e. The minimum absolute atomic E-state index is 0.157. The van der Waals surface area contributed by atoms with Crippen molar-refractivity contribution in [3.63, 3.8) is 0 Å². The van der Waals surface area contributed by atoms with Gasteiger partial charge in [0.25, 0.3) is 0 Å². The molecule has 128 valence electrons. The zero-order valence-corrected chi connectivity index (χ0v) is 15.1. The SMILES string of the molecule is CC1(C)[C@]2(c3ccccc3)N=N[C@@]1(c1ccc(C#N)cc1)[C@H]1CC=C[C@H]12. The van der Waals surface area contributed by atoms with Crippen molar-refractivity contribution < 1.29 is 0 Å². The molecule has 26 heavy (non-hydrogen) atoms. The van der Waals surface area contributed by atoms with Crippen molar-refractivity contribution in [1.82, 2.24) is 0 Å². The molecule has 0 N–H and O–H groups in total. The number of nitrogens with zero attached hydrogens (tertiary/aromatic N) is 3. The Kier molecular flexibility index (Phi) is 2.93. The van der Waals surface area contributed by atoms with Gasteiger partial charge in [-0.05, 0) is 29.7 Å². The summed E-state index contributed by atoms with van der Waals surface area (Å²) >= 11 is 0. The lowest BCUT2D eigenvalue weighted by Gasteiger charge is -2.41. The third-order valence-corrected chi connectivity index (χ3v) is 7.13. The second-order valence-electron chi connectivity index (χ2n) is 8.21. The van der Waals surface area contributed by atoms with Crippen molar-refractivity contribution >= 4 is 0 Å². The van der Waals surface area contributed by atoms with Crippen LogP contribution >= 0.6 is 0 Å². The van der Waals surface area contributed by atoms with Crippen molar-refractivity contribution in [2.24, 2.45) is 27.5 Å². The predicted molar refractivity (Wildman–Crippen MR) is 100 cm³/mol. The average molecular weight is 339 g/mol. The smallest absolute Gasteiger partial charge is 0.121 e. The first-order valence-electron chi connectivity index (χ1n) is 9.25. The number of hydrogen-bond acceptors (Lipinski definition) is 3. The van der Waals surface area contributed by atoms with E-state index >= 15 is 0 Å². The first-order chi connectivity index (χ1) is 12.6. The average Bonchev–Trinajstić information content (AvgIpc) is 3.30. The van der Waals surface area contributed by atoms with Crippen LogP contribution in [-0.4, -0.2) is 0 Å². The minimum atomic E-state index is -0.356. The van der Waals surface area contributed by atoms with Crippen LogP contribution < -0.4 is 0 Å². The molecule has 0 aromatic heterocycles. The van der Waals surface area contributed by atoms with Gasteiger partial charge in [-0.25, -0.2) is 0 Å². The second kappa shape index (κ2) is 4.92. The summed E-state index contributed by atoms with van der Waals surface area (Å²) in [6.07, 6.45) is 5.70. The van der Waals surface area contributed by atoms with E-state index in [1.165, 1.54) is 11.1 Å². The van der Waals surface area contributed by atoms with E-state index < -0.39 is 0 Å². The van der Waals surface area contributed by atoms with Crippen LogP contribution in [0.25, 0.3) is 0 Å². The lowest BCUT2D eigenvalue weighted by molar-refractivity contribution is 0.150. The molecule has 0 amide bonds. The Morgan fingerprint density at radius 1 is 0.923 bits per heavy atom. The summed E-state index contributed by atoms with van der Waals surface area (Å²) < 4.78 is 0. The molecule has 3 nitrogen and oxygen atoms in total. The molecule has 1 saturated carbocycles. The molecule has 3 aliphatic rings. The standard InChI is InChI=1S/C23H21N3/c1-21(2)22(17-7-4-3-5-8-17)19-9-6-10-20(19)23(21,26-25-22)18-13-11-16(15-24)12-14-18/h3-9,11-14,19-20H,10H2,1-2H3/t19-,20+,22-,23+/m1/s1. The van der Waals surface area contributed by atoms with Crippen LogP contribution in [0.3, 0.4) is 0 Å². The Labute approximate surface area is 154 Å². The molecule has 2 aromatic rings. The van der Waals surface area contributed by atoms with Crippen LogP contribution in [0.4, 0.5) is 0 Å². The number of hydrogen-bond donors (Lipinski definition) is 0. The number of benzene rings is 2. The molecule has 2 bridgehead atoms. The number of fused-ring (bicyclic) bond motifs is 5. The molecule has 0 saturated heterocycles. The monoisotopic (exact) mass is 339 g/mol. The highest BCUT2D eigenvalue weighted by atomic mass is 15.3. The van der Waals surface area contributed by atoms with E-state index in [9.17, 15) is 0 Å². The highest BCUT2D eigenvalue weighted by molar-refractivity contribution is 5.48.